The van der Waals surface area contributed by atoms with Gasteiger partial charge in [-0.05, 0) is 24.6 Å². The third kappa shape index (κ3) is 4.45. The van der Waals surface area contributed by atoms with Crippen molar-refractivity contribution < 1.29 is 13.2 Å². The van der Waals surface area contributed by atoms with Crippen LogP contribution in [0.1, 0.15) is 16.8 Å². The van der Waals surface area contributed by atoms with Gasteiger partial charge in [-0.3, -0.25) is 9.48 Å². The molecule has 1 aliphatic rings. The Kier molecular flexibility index (Phi) is 5.96. The Morgan fingerprint density at radius 1 is 1.27 bits per heavy atom. The van der Waals surface area contributed by atoms with Crippen LogP contribution < -0.4 is 10.6 Å². The molecule has 1 fully saturated rings. The highest BCUT2D eigenvalue weighted by Crippen LogP contribution is 2.17. The Morgan fingerprint density at radius 3 is 2.81 bits per heavy atom. The van der Waals surface area contributed by atoms with Gasteiger partial charge in [-0.2, -0.15) is 9.40 Å². The number of rotatable bonds is 7. The van der Waals surface area contributed by atoms with Crippen LogP contribution in [0, 0.1) is 0 Å². The summed E-state index contributed by atoms with van der Waals surface area (Å²) in [6, 6.07) is 6.17. The molecule has 1 saturated heterocycles. The third-order valence-electron chi connectivity index (χ3n) is 4.13. The van der Waals surface area contributed by atoms with Crippen molar-refractivity contribution in [3.63, 3.8) is 0 Å². The quantitative estimate of drug-likeness (QED) is 0.640. The van der Waals surface area contributed by atoms with E-state index in [9.17, 15) is 13.2 Å². The van der Waals surface area contributed by atoms with Crippen LogP contribution in [-0.4, -0.2) is 66.1 Å². The number of sulfonamides is 1. The SMILES string of the molecule is O=C(NCCCn1cncn1)c1cccc(S(=O)(=O)N2CCNCC2)c1. The summed E-state index contributed by atoms with van der Waals surface area (Å²) >= 11 is 0. The van der Waals surface area contributed by atoms with Crippen molar-refractivity contribution in [2.24, 2.45) is 0 Å². The molecule has 10 heteroatoms. The highest BCUT2D eigenvalue weighted by molar-refractivity contribution is 7.89. The van der Waals surface area contributed by atoms with E-state index in [1.54, 1.807) is 23.1 Å². The number of hydrogen-bond acceptors (Lipinski definition) is 6. The first kappa shape index (κ1) is 18.5. The fourth-order valence-corrected chi connectivity index (χ4v) is 4.21. The van der Waals surface area contributed by atoms with Gasteiger partial charge in [0.2, 0.25) is 10.0 Å². The van der Waals surface area contributed by atoms with Gasteiger partial charge in [0.25, 0.3) is 5.91 Å². The highest BCUT2D eigenvalue weighted by atomic mass is 32.2. The van der Waals surface area contributed by atoms with Gasteiger partial charge >= 0.3 is 0 Å². The van der Waals surface area contributed by atoms with Gasteiger partial charge in [0.1, 0.15) is 12.7 Å². The summed E-state index contributed by atoms with van der Waals surface area (Å²) in [5.74, 6) is -0.291. The minimum atomic E-state index is -3.58. The summed E-state index contributed by atoms with van der Waals surface area (Å²) in [4.78, 5) is 16.3. The summed E-state index contributed by atoms with van der Waals surface area (Å²) in [7, 11) is -3.58. The number of carbonyl (C=O) groups excluding carboxylic acids is 1. The predicted octanol–water partition coefficient (Wildman–Crippen LogP) is -0.308. The summed E-state index contributed by atoms with van der Waals surface area (Å²) in [6.07, 6.45) is 3.78. The lowest BCUT2D eigenvalue weighted by molar-refractivity contribution is 0.0952. The van der Waals surface area contributed by atoms with Crippen LogP contribution in [-0.2, 0) is 16.6 Å². The van der Waals surface area contributed by atoms with Crippen LogP contribution >= 0.6 is 0 Å². The van der Waals surface area contributed by atoms with Crippen molar-refractivity contribution in [2.75, 3.05) is 32.7 Å². The van der Waals surface area contributed by atoms with Crippen molar-refractivity contribution in [3.05, 3.63) is 42.5 Å². The predicted molar refractivity (Wildman–Crippen MR) is 95.0 cm³/mol. The van der Waals surface area contributed by atoms with Gasteiger partial charge in [0.15, 0.2) is 0 Å². The first-order chi connectivity index (χ1) is 12.6. The molecule has 2 heterocycles. The molecule has 0 aliphatic carbocycles. The molecule has 9 nitrogen and oxygen atoms in total. The van der Waals surface area contributed by atoms with Crippen molar-refractivity contribution in [1.29, 1.82) is 0 Å². The van der Waals surface area contributed by atoms with E-state index in [-0.39, 0.29) is 10.8 Å². The molecule has 0 saturated carbocycles. The average molecular weight is 378 g/mol. The molecule has 140 valence electrons. The average Bonchev–Trinajstić information content (AvgIpc) is 3.19. The second kappa shape index (κ2) is 8.39. The monoisotopic (exact) mass is 378 g/mol. The summed E-state index contributed by atoms with van der Waals surface area (Å²) in [5, 5.41) is 9.92. The van der Waals surface area contributed by atoms with E-state index >= 15 is 0 Å². The molecule has 2 N–H and O–H groups in total. The first-order valence-corrected chi connectivity index (χ1v) is 9.93. The fourth-order valence-electron chi connectivity index (χ4n) is 2.72. The molecule has 0 radical (unpaired) electrons. The van der Waals surface area contributed by atoms with Crippen LogP contribution in [0.2, 0.25) is 0 Å². The van der Waals surface area contributed by atoms with Crippen molar-refractivity contribution in [1.82, 2.24) is 29.7 Å². The Bertz CT molecular complexity index is 831. The number of nitrogens with zero attached hydrogens (tertiary/aromatic N) is 4. The van der Waals surface area contributed by atoms with Gasteiger partial charge in [-0.15, -0.1) is 0 Å². The fraction of sp³-hybridized carbons (Fsp3) is 0.438. The van der Waals surface area contributed by atoms with Crippen LogP contribution in [0.25, 0.3) is 0 Å². The maximum Gasteiger partial charge on any atom is 0.251 e. The lowest BCUT2D eigenvalue weighted by atomic mass is 10.2. The zero-order valence-electron chi connectivity index (χ0n) is 14.3. The molecule has 0 atom stereocenters. The number of carbonyl (C=O) groups is 1. The van der Waals surface area contributed by atoms with Gasteiger partial charge in [-0.1, -0.05) is 6.07 Å². The van der Waals surface area contributed by atoms with E-state index in [0.29, 0.717) is 51.3 Å². The minimum absolute atomic E-state index is 0.148. The molecule has 26 heavy (non-hydrogen) atoms. The van der Waals surface area contributed by atoms with Crippen molar-refractivity contribution in [3.8, 4) is 0 Å². The smallest absolute Gasteiger partial charge is 0.251 e. The van der Waals surface area contributed by atoms with Gasteiger partial charge < -0.3 is 10.6 Å². The van der Waals surface area contributed by atoms with Crippen LogP contribution in [0.5, 0.6) is 0 Å². The van der Waals surface area contributed by atoms with Gasteiger partial charge in [0.05, 0.1) is 4.90 Å². The van der Waals surface area contributed by atoms with E-state index in [1.165, 1.54) is 22.8 Å². The highest BCUT2D eigenvalue weighted by Gasteiger charge is 2.26. The molecule has 1 aromatic heterocycles. The zero-order valence-corrected chi connectivity index (χ0v) is 15.2. The minimum Gasteiger partial charge on any atom is -0.352 e. The largest absolute Gasteiger partial charge is 0.352 e. The topological polar surface area (TPSA) is 109 Å². The molecule has 3 rings (SSSR count). The molecule has 1 aromatic carbocycles. The maximum atomic E-state index is 12.7. The number of aryl methyl sites for hydroxylation is 1. The lowest BCUT2D eigenvalue weighted by Crippen LogP contribution is -2.46. The Labute approximate surface area is 152 Å². The van der Waals surface area contributed by atoms with E-state index in [1.807, 2.05) is 0 Å². The number of hydrogen-bond donors (Lipinski definition) is 2. The Morgan fingerprint density at radius 2 is 2.08 bits per heavy atom. The number of benzene rings is 1. The number of piperazine rings is 1. The molecule has 0 spiro atoms. The second-order valence-corrected chi connectivity index (χ2v) is 7.89. The van der Waals surface area contributed by atoms with Crippen molar-refractivity contribution in [2.45, 2.75) is 17.9 Å². The van der Waals surface area contributed by atoms with Crippen LogP contribution in [0.4, 0.5) is 0 Å². The molecule has 0 bridgehead atoms. The first-order valence-electron chi connectivity index (χ1n) is 8.49. The summed E-state index contributed by atoms with van der Waals surface area (Å²) < 4.78 is 28.5. The van der Waals surface area contributed by atoms with Gasteiger partial charge in [0, 0.05) is 44.8 Å². The van der Waals surface area contributed by atoms with E-state index in [0.717, 1.165) is 0 Å². The standard InChI is InChI=1S/C16H22N6O3S/c23-16(19-5-2-8-21-13-18-12-20-21)14-3-1-4-15(11-14)26(24,25)22-9-6-17-7-10-22/h1,3-4,11-13,17H,2,5-10H2,(H,19,23). The molecule has 1 aliphatic heterocycles. The Balaban J connectivity index is 1.59. The molecular weight excluding hydrogens is 356 g/mol. The Hall–Kier alpha value is -2.30. The van der Waals surface area contributed by atoms with Crippen LogP contribution in [0.15, 0.2) is 41.8 Å². The lowest BCUT2D eigenvalue weighted by Gasteiger charge is -2.26. The third-order valence-corrected chi connectivity index (χ3v) is 6.02. The molecule has 2 aromatic rings. The number of nitrogens with one attached hydrogen (secondary N) is 2. The molecule has 1 amide bonds. The van der Waals surface area contributed by atoms with E-state index < -0.39 is 10.0 Å². The molecule has 0 unspecified atom stereocenters. The second-order valence-electron chi connectivity index (χ2n) is 5.95. The zero-order chi connectivity index (χ0) is 18.4. The normalized spacial score (nSPS) is 15.7. The summed E-state index contributed by atoms with van der Waals surface area (Å²) in [6.45, 7) is 3.24. The van der Waals surface area contributed by atoms with Crippen molar-refractivity contribution >= 4 is 15.9 Å². The number of amides is 1. The summed E-state index contributed by atoms with van der Waals surface area (Å²) in [5.41, 5.74) is 0.335. The van der Waals surface area contributed by atoms with E-state index in [2.05, 4.69) is 20.7 Å². The maximum absolute atomic E-state index is 12.7. The van der Waals surface area contributed by atoms with E-state index in [4.69, 9.17) is 0 Å². The molecular formula is C16H22N6O3S. The number of aromatic nitrogens is 3. The van der Waals surface area contributed by atoms with Crippen LogP contribution in [0.3, 0.4) is 0 Å². The van der Waals surface area contributed by atoms with Gasteiger partial charge in [-0.25, -0.2) is 13.4 Å².